The maximum atomic E-state index is 10.9. The van der Waals surface area contributed by atoms with E-state index >= 15 is 0 Å². The molecule has 94 valence electrons. The summed E-state index contributed by atoms with van der Waals surface area (Å²) in [5.41, 5.74) is 2.90. The number of aromatic amines is 1. The Balaban J connectivity index is 2.05. The third-order valence-electron chi connectivity index (χ3n) is 4.27. The Morgan fingerprint density at radius 1 is 1.28 bits per heavy atom. The van der Waals surface area contributed by atoms with Gasteiger partial charge >= 0.3 is 0 Å². The highest BCUT2D eigenvalue weighted by Crippen LogP contribution is 2.38. The predicted octanol–water partition coefficient (Wildman–Crippen LogP) is 3.60. The quantitative estimate of drug-likeness (QED) is 0.818. The van der Waals surface area contributed by atoms with Crippen LogP contribution in [0.1, 0.15) is 55.1 Å². The molecule has 2 aromatic heterocycles. The van der Waals surface area contributed by atoms with Gasteiger partial charge in [-0.05, 0) is 25.0 Å². The fraction of sp³-hybridized carbons (Fsp3) is 0.467. The number of hydrogen-bond acceptors (Lipinski definition) is 2. The molecule has 3 nitrogen and oxygen atoms in total. The molecule has 0 atom stereocenters. The van der Waals surface area contributed by atoms with Gasteiger partial charge in [-0.3, -0.25) is 4.79 Å². The molecule has 0 aliphatic heterocycles. The molecule has 3 rings (SSSR count). The summed E-state index contributed by atoms with van der Waals surface area (Å²) in [6.07, 6.45) is 8.97. The molecule has 1 aliphatic rings. The number of pyridine rings is 1. The van der Waals surface area contributed by atoms with E-state index in [0.29, 0.717) is 5.56 Å². The van der Waals surface area contributed by atoms with Crippen LogP contribution < -0.4 is 0 Å². The summed E-state index contributed by atoms with van der Waals surface area (Å²) in [4.78, 5) is 18.7. The number of nitrogens with one attached hydrogen (secondary N) is 1. The van der Waals surface area contributed by atoms with E-state index in [1.165, 1.54) is 32.1 Å². The third kappa shape index (κ3) is 1.74. The molecule has 0 amide bonds. The van der Waals surface area contributed by atoms with E-state index in [1.807, 2.05) is 6.07 Å². The number of carbonyl (C=O) groups is 1. The second-order valence-corrected chi connectivity index (χ2v) is 5.58. The zero-order chi connectivity index (χ0) is 12.6. The van der Waals surface area contributed by atoms with E-state index in [4.69, 9.17) is 4.98 Å². The van der Waals surface area contributed by atoms with Crippen molar-refractivity contribution in [3.05, 3.63) is 29.6 Å². The van der Waals surface area contributed by atoms with Gasteiger partial charge in [0.05, 0.1) is 0 Å². The summed E-state index contributed by atoms with van der Waals surface area (Å²) >= 11 is 0. The van der Waals surface area contributed by atoms with Gasteiger partial charge in [-0.2, -0.15) is 0 Å². The molecule has 0 saturated heterocycles. The molecule has 1 N–H and O–H groups in total. The first-order valence-corrected chi connectivity index (χ1v) is 6.67. The number of fused-ring (bicyclic) bond motifs is 1. The first-order chi connectivity index (χ1) is 8.73. The highest BCUT2D eigenvalue weighted by Gasteiger charge is 2.30. The van der Waals surface area contributed by atoms with Gasteiger partial charge in [0.1, 0.15) is 5.65 Å². The van der Waals surface area contributed by atoms with Crippen LogP contribution in [0.4, 0.5) is 0 Å². The lowest BCUT2D eigenvalue weighted by molar-refractivity contribution is 0.112. The molecule has 0 spiro atoms. The van der Waals surface area contributed by atoms with Crippen molar-refractivity contribution in [1.29, 1.82) is 0 Å². The molecule has 2 aromatic rings. The van der Waals surface area contributed by atoms with Crippen molar-refractivity contribution < 1.29 is 4.79 Å². The summed E-state index contributed by atoms with van der Waals surface area (Å²) in [5, 5.41) is 0.924. The van der Waals surface area contributed by atoms with E-state index in [0.717, 1.165) is 23.0 Å². The fourth-order valence-electron chi connectivity index (χ4n) is 3.05. The lowest BCUT2D eigenvalue weighted by atomic mass is 9.73. The minimum atomic E-state index is 0.207. The van der Waals surface area contributed by atoms with Crippen LogP contribution in [0.5, 0.6) is 0 Å². The highest BCUT2D eigenvalue weighted by molar-refractivity contribution is 5.95. The Labute approximate surface area is 107 Å². The molecule has 0 radical (unpaired) electrons. The molecule has 2 heterocycles. The number of rotatable bonds is 2. The Morgan fingerprint density at radius 2 is 2.06 bits per heavy atom. The van der Waals surface area contributed by atoms with Gasteiger partial charge in [0, 0.05) is 28.3 Å². The molecular weight excluding hydrogens is 224 g/mol. The number of aromatic nitrogens is 2. The van der Waals surface area contributed by atoms with Crippen LogP contribution in [-0.4, -0.2) is 16.3 Å². The van der Waals surface area contributed by atoms with Crippen molar-refractivity contribution >= 4 is 17.3 Å². The molecule has 0 bridgehead atoms. The largest absolute Gasteiger partial charge is 0.345 e. The molecule has 3 heteroatoms. The average Bonchev–Trinajstić information content (AvgIpc) is 2.81. The van der Waals surface area contributed by atoms with Crippen molar-refractivity contribution in [3.63, 3.8) is 0 Å². The first kappa shape index (κ1) is 11.5. The zero-order valence-electron chi connectivity index (χ0n) is 10.7. The van der Waals surface area contributed by atoms with Crippen molar-refractivity contribution in [2.45, 2.75) is 44.4 Å². The fourth-order valence-corrected chi connectivity index (χ4v) is 3.05. The van der Waals surface area contributed by atoms with E-state index in [-0.39, 0.29) is 5.41 Å². The van der Waals surface area contributed by atoms with Gasteiger partial charge in [0.2, 0.25) is 0 Å². The van der Waals surface area contributed by atoms with E-state index < -0.39 is 0 Å². The van der Waals surface area contributed by atoms with Crippen LogP contribution in [0.2, 0.25) is 0 Å². The highest BCUT2D eigenvalue weighted by atomic mass is 16.1. The lowest BCUT2D eigenvalue weighted by Crippen LogP contribution is -2.26. The van der Waals surface area contributed by atoms with E-state index in [1.54, 1.807) is 6.20 Å². The van der Waals surface area contributed by atoms with E-state index in [9.17, 15) is 4.79 Å². The van der Waals surface area contributed by atoms with Crippen LogP contribution in [-0.2, 0) is 5.41 Å². The monoisotopic (exact) mass is 242 g/mol. The third-order valence-corrected chi connectivity index (χ3v) is 4.27. The van der Waals surface area contributed by atoms with Gasteiger partial charge in [-0.25, -0.2) is 4.98 Å². The van der Waals surface area contributed by atoms with Crippen molar-refractivity contribution in [3.8, 4) is 0 Å². The van der Waals surface area contributed by atoms with Gasteiger partial charge in [-0.15, -0.1) is 0 Å². The number of hydrogen-bond donors (Lipinski definition) is 1. The zero-order valence-corrected chi connectivity index (χ0v) is 10.7. The molecule has 1 saturated carbocycles. The molecular formula is C15H18N2O. The minimum absolute atomic E-state index is 0.207. The molecule has 0 unspecified atom stereocenters. The van der Waals surface area contributed by atoms with Crippen LogP contribution in [0, 0.1) is 0 Å². The van der Waals surface area contributed by atoms with Gasteiger partial charge < -0.3 is 4.98 Å². The first-order valence-electron chi connectivity index (χ1n) is 6.67. The standard InChI is InChI=1S/C15H18N2O/c1-15(7-3-2-4-8-15)13-6-5-12-11(10-18)9-16-14(12)17-13/h5-6,9-10H,2-4,7-8H2,1H3,(H,16,17). The number of nitrogens with zero attached hydrogens (tertiary/aromatic N) is 1. The van der Waals surface area contributed by atoms with Gasteiger partial charge in [0.25, 0.3) is 0 Å². The van der Waals surface area contributed by atoms with Crippen molar-refractivity contribution in [2.75, 3.05) is 0 Å². The van der Waals surface area contributed by atoms with Crippen LogP contribution in [0.15, 0.2) is 18.3 Å². The summed E-state index contributed by atoms with van der Waals surface area (Å²) in [6.45, 7) is 2.31. The summed E-state index contributed by atoms with van der Waals surface area (Å²) in [5.74, 6) is 0. The van der Waals surface area contributed by atoms with Crippen LogP contribution >= 0.6 is 0 Å². The topological polar surface area (TPSA) is 45.8 Å². The smallest absolute Gasteiger partial charge is 0.152 e. The Morgan fingerprint density at radius 3 is 2.78 bits per heavy atom. The molecule has 0 aromatic carbocycles. The second-order valence-electron chi connectivity index (χ2n) is 5.58. The number of carbonyl (C=O) groups excluding carboxylic acids is 1. The molecule has 18 heavy (non-hydrogen) atoms. The van der Waals surface area contributed by atoms with E-state index in [2.05, 4.69) is 18.0 Å². The summed E-state index contributed by atoms with van der Waals surface area (Å²) in [6, 6.07) is 4.12. The van der Waals surface area contributed by atoms with Crippen molar-refractivity contribution in [1.82, 2.24) is 9.97 Å². The Bertz CT molecular complexity index is 579. The molecule has 1 fully saturated rings. The predicted molar refractivity (Wildman–Crippen MR) is 71.9 cm³/mol. The van der Waals surface area contributed by atoms with Crippen LogP contribution in [0.3, 0.4) is 0 Å². The SMILES string of the molecule is CC1(c2ccc3c(C=O)c[nH]c3n2)CCCCC1. The van der Waals surface area contributed by atoms with Crippen molar-refractivity contribution in [2.24, 2.45) is 0 Å². The second kappa shape index (κ2) is 4.23. The number of aldehydes is 1. The maximum absolute atomic E-state index is 10.9. The maximum Gasteiger partial charge on any atom is 0.152 e. The van der Waals surface area contributed by atoms with Gasteiger partial charge in [0.15, 0.2) is 6.29 Å². The minimum Gasteiger partial charge on any atom is -0.345 e. The summed E-state index contributed by atoms with van der Waals surface area (Å²) in [7, 11) is 0. The number of H-pyrrole nitrogens is 1. The average molecular weight is 242 g/mol. The normalized spacial score (nSPS) is 18.9. The Kier molecular flexibility index (Phi) is 2.69. The Hall–Kier alpha value is -1.64. The lowest BCUT2D eigenvalue weighted by Gasteiger charge is -2.33. The summed E-state index contributed by atoms with van der Waals surface area (Å²) < 4.78 is 0. The molecule has 1 aliphatic carbocycles. The van der Waals surface area contributed by atoms with Gasteiger partial charge in [-0.1, -0.05) is 26.2 Å². The van der Waals surface area contributed by atoms with Crippen LogP contribution in [0.25, 0.3) is 11.0 Å².